The van der Waals surface area contributed by atoms with E-state index in [9.17, 15) is 22.8 Å². The third-order valence-electron chi connectivity index (χ3n) is 6.30. The summed E-state index contributed by atoms with van der Waals surface area (Å²) >= 11 is 3.41. The molecule has 2 aliphatic rings. The molecule has 0 bridgehead atoms. The summed E-state index contributed by atoms with van der Waals surface area (Å²) in [6.07, 6.45) is 3.90. The maximum Gasteiger partial charge on any atom is 0.269 e. The van der Waals surface area contributed by atoms with Gasteiger partial charge in [0.25, 0.3) is 15.9 Å². The van der Waals surface area contributed by atoms with Gasteiger partial charge in [0.1, 0.15) is 17.5 Å². The van der Waals surface area contributed by atoms with Crippen LogP contribution in [0.1, 0.15) is 48.5 Å². The summed E-state index contributed by atoms with van der Waals surface area (Å²) in [5.74, 6) is -1.66. The van der Waals surface area contributed by atoms with Crippen molar-refractivity contribution in [3.05, 3.63) is 64.1 Å². The van der Waals surface area contributed by atoms with E-state index in [0.29, 0.717) is 4.31 Å². The largest absolute Gasteiger partial charge is 0.352 e. The first-order valence-electron chi connectivity index (χ1n) is 11.2. The molecule has 1 saturated carbocycles. The summed E-state index contributed by atoms with van der Waals surface area (Å²) in [7, 11) is -4.14. The van der Waals surface area contributed by atoms with Crippen molar-refractivity contribution in [2.75, 3.05) is 6.54 Å². The molecule has 3 amide bonds. The Morgan fingerprint density at radius 2 is 1.85 bits per heavy atom. The molecule has 0 saturated heterocycles. The second-order valence-corrected chi connectivity index (χ2v) is 11.4. The van der Waals surface area contributed by atoms with E-state index < -0.39 is 34.4 Å². The third kappa shape index (κ3) is 4.88. The van der Waals surface area contributed by atoms with Gasteiger partial charge in [-0.25, -0.2) is 12.7 Å². The minimum atomic E-state index is -4.14. The van der Waals surface area contributed by atoms with Crippen LogP contribution >= 0.6 is 15.9 Å². The van der Waals surface area contributed by atoms with Crippen LogP contribution in [0.4, 0.5) is 0 Å². The standard InChI is InChI=1S/C24H26BrN3O5S/c1-16(23(30)26-19-9-2-3-10-19)27(14-17-7-6-8-18(25)13-17)22(29)15-28-24(31)20-11-4-5-12-21(20)34(28,32)33/h4-8,11-13,16,19H,2-3,9-10,14-15H2,1H3,(H,26,30). The Labute approximate surface area is 207 Å². The summed E-state index contributed by atoms with van der Waals surface area (Å²) < 4.78 is 27.3. The van der Waals surface area contributed by atoms with Crippen molar-refractivity contribution in [1.29, 1.82) is 0 Å². The minimum Gasteiger partial charge on any atom is -0.352 e. The Kier molecular flexibility index (Phi) is 7.09. The number of nitrogens with one attached hydrogen (secondary N) is 1. The van der Waals surface area contributed by atoms with Gasteiger partial charge in [-0.1, -0.05) is 53.0 Å². The first kappa shape index (κ1) is 24.4. The number of nitrogens with zero attached hydrogens (tertiary/aromatic N) is 2. The first-order valence-corrected chi connectivity index (χ1v) is 13.4. The van der Waals surface area contributed by atoms with Crippen molar-refractivity contribution in [2.45, 2.75) is 56.1 Å². The van der Waals surface area contributed by atoms with Crippen molar-refractivity contribution >= 4 is 43.7 Å². The number of sulfonamides is 1. The van der Waals surface area contributed by atoms with Crippen molar-refractivity contribution in [1.82, 2.24) is 14.5 Å². The summed E-state index contributed by atoms with van der Waals surface area (Å²) in [6.45, 7) is 1.03. The smallest absolute Gasteiger partial charge is 0.269 e. The SMILES string of the molecule is CC(C(=O)NC1CCCC1)N(Cc1cccc(Br)c1)C(=O)CN1C(=O)c2ccccc2S1(=O)=O. The average molecular weight is 548 g/mol. The van der Waals surface area contributed by atoms with Gasteiger partial charge in [0.15, 0.2) is 0 Å². The van der Waals surface area contributed by atoms with Crippen LogP contribution in [-0.2, 0) is 26.2 Å². The molecule has 1 fully saturated rings. The minimum absolute atomic E-state index is 0.0425. The summed E-state index contributed by atoms with van der Waals surface area (Å²) in [4.78, 5) is 40.4. The van der Waals surface area contributed by atoms with Gasteiger partial charge in [0.05, 0.1) is 5.56 Å². The fourth-order valence-electron chi connectivity index (χ4n) is 4.41. The highest BCUT2D eigenvalue weighted by molar-refractivity contribution is 9.10. The number of carbonyl (C=O) groups excluding carboxylic acids is 3. The van der Waals surface area contributed by atoms with Gasteiger partial charge in [-0.3, -0.25) is 14.4 Å². The fraction of sp³-hybridized carbons (Fsp3) is 0.375. The molecule has 0 aromatic heterocycles. The lowest BCUT2D eigenvalue weighted by molar-refractivity contribution is -0.140. The van der Waals surface area contributed by atoms with E-state index >= 15 is 0 Å². The lowest BCUT2D eigenvalue weighted by atomic mass is 10.1. The molecule has 180 valence electrons. The van der Waals surface area contributed by atoms with E-state index in [1.807, 2.05) is 24.3 Å². The van der Waals surface area contributed by atoms with E-state index in [2.05, 4.69) is 21.2 Å². The van der Waals surface area contributed by atoms with E-state index in [-0.39, 0.29) is 29.0 Å². The van der Waals surface area contributed by atoms with Gasteiger partial charge in [0, 0.05) is 17.1 Å². The Bertz CT molecular complexity index is 1230. The fourth-order valence-corrected chi connectivity index (χ4v) is 6.37. The highest BCUT2D eigenvalue weighted by Crippen LogP contribution is 2.30. The first-order chi connectivity index (χ1) is 16.2. The monoisotopic (exact) mass is 547 g/mol. The lowest BCUT2D eigenvalue weighted by Gasteiger charge is -2.31. The Hall–Kier alpha value is -2.72. The molecule has 2 aromatic rings. The van der Waals surface area contributed by atoms with Gasteiger partial charge in [-0.15, -0.1) is 0 Å². The quantitative estimate of drug-likeness (QED) is 0.573. The van der Waals surface area contributed by atoms with Gasteiger partial charge in [-0.2, -0.15) is 0 Å². The number of halogens is 1. The van der Waals surface area contributed by atoms with Gasteiger partial charge < -0.3 is 10.2 Å². The van der Waals surface area contributed by atoms with Crippen LogP contribution in [0.5, 0.6) is 0 Å². The maximum atomic E-state index is 13.4. The summed E-state index contributed by atoms with van der Waals surface area (Å²) in [6, 6.07) is 12.4. The predicted molar refractivity (Wildman–Crippen MR) is 129 cm³/mol. The maximum absolute atomic E-state index is 13.4. The normalized spacial score (nSPS) is 17.9. The van der Waals surface area contributed by atoms with Crippen LogP contribution in [0, 0.1) is 0 Å². The molecule has 2 aromatic carbocycles. The Balaban J connectivity index is 1.58. The van der Waals surface area contributed by atoms with Crippen LogP contribution in [0.2, 0.25) is 0 Å². The second-order valence-electron chi connectivity index (χ2n) is 8.63. The zero-order chi connectivity index (χ0) is 24.5. The van der Waals surface area contributed by atoms with Crippen LogP contribution in [0.25, 0.3) is 0 Å². The summed E-state index contributed by atoms with van der Waals surface area (Å²) in [5, 5.41) is 3.00. The predicted octanol–water partition coefficient (Wildman–Crippen LogP) is 3.07. The average Bonchev–Trinajstić information content (AvgIpc) is 3.38. The number of fused-ring (bicyclic) bond motifs is 1. The highest BCUT2D eigenvalue weighted by atomic mass is 79.9. The molecular formula is C24H26BrN3O5S. The van der Waals surface area contributed by atoms with E-state index in [4.69, 9.17) is 0 Å². The van der Waals surface area contributed by atoms with Gasteiger partial charge in [-0.05, 0) is 49.6 Å². The van der Waals surface area contributed by atoms with Crippen LogP contribution < -0.4 is 5.32 Å². The number of hydrogen-bond donors (Lipinski definition) is 1. The Morgan fingerprint density at radius 3 is 2.53 bits per heavy atom. The van der Waals surface area contributed by atoms with Crippen LogP contribution in [-0.4, -0.2) is 54.0 Å². The number of amides is 3. The zero-order valence-electron chi connectivity index (χ0n) is 18.7. The third-order valence-corrected chi connectivity index (χ3v) is 8.58. The van der Waals surface area contributed by atoms with E-state index in [1.165, 1.54) is 23.1 Å². The molecule has 34 heavy (non-hydrogen) atoms. The number of hydrogen-bond acceptors (Lipinski definition) is 5. The number of carbonyl (C=O) groups is 3. The van der Waals surface area contributed by atoms with Gasteiger partial charge in [0.2, 0.25) is 11.8 Å². The molecule has 1 aliphatic carbocycles. The molecule has 1 atom stereocenters. The molecule has 1 heterocycles. The second kappa shape index (κ2) is 9.87. The summed E-state index contributed by atoms with van der Waals surface area (Å²) in [5.41, 5.74) is 0.808. The van der Waals surface area contributed by atoms with Crippen molar-refractivity contribution in [3.8, 4) is 0 Å². The molecule has 4 rings (SSSR count). The molecule has 1 aliphatic heterocycles. The zero-order valence-corrected chi connectivity index (χ0v) is 21.1. The molecule has 8 nitrogen and oxygen atoms in total. The molecule has 1 N–H and O–H groups in total. The molecule has 0 radical (unpaired) electrons. The molecular weight excluding hydrogens is 522 g/mol. The molecule has 0 spiro atoms. The molecule has 10 heteroatoms. The topological polar surface area (TPSA) is 104 Å². The van der Waals surface area contributed by atoms with Crippen molar-refractivity contribution < 1.29 is 22.8 Å². The number of benzene rings is 2. The lowest BCUT2D eigenvalue weighted by Crippen LogP contribution is -2.52. The van der Waals surface area contributed by atoms with Crippen LogP contribution in [0.3, 0.4) is 0 Å². The van der Waals surface area contributed by atoms with Crippen molar-refractivity contribution in [2.24, 2.45) is 0 Å². The van der Waals surface area contributed by atoms with Gasteiger partial charge >= 0.3 is 0 Å². The van der Waals surface area contributed by atoms with Crippen molar-refractivity contribution in [3.63, 3.8) is 0 Å². The molecule has 1 unspecified atom stereocenters. The highest BCUT2D eigenvalue weighted by Gasteiger charge is 2.43. The van der Waals surface area contributed by atoms with E-state index in [0.717, 1.165) is 35.7 Å². The van der Waals surface area contributed by atoms with E-state index in [1.54, 1.807) is 13.0 Å². The Morgan fingerprint density at radius 1 is 1.15 bits per heavy atom. The number of rotatable bonds is 7. The van der Waals surface area contributed by atoms with Crippen LogP contribution in [0.15, 0.2) is 57.9 Å².